The fourth-order valence-corrected chi connectivity index (χ4v) is 3.08. The molecular formula is C18H20F2N4O. The molecule has 0 radical (unpaired) electrons. The van der Waals surface area contributed by atoms with Gasteiger partial charge in [0.15, 0.2) is 0 Å². The topological polar surface area (TPSA) is 58.1 Å². The normalized spacial score (nSPS) is 17.4. The molecule has 0 bridgehead atoms. The molecule has 0 saturated carbocycles. The summed E-state index contributed by atoms with van der Waals surface area (Å²) in [5, 5.41) is 2.42. The molecule has 1 unspecified atom stereocenters. The molecule has 1 aliphatic heterocycles. The smallest absolute Gasteiger partial charge is 0.274 e. The van der Waals surface area contributed by atoms with Crippen LogP contribution >= 0.6 is 0 Å². The number of nitrogens with one attached hydrogen (secondary N) is 1. The summed E-state index contributed by atoms with van der Waals surface area (Å²) >= 11 is 0. The first kappa shape index (κ1) is 17.3. The number of hydrogen-bond donors (Lipinski definition) is 1. The molecule has 7 heteroatoms. The molecule has 5 nitrogen and oxygen atoms in total. The Morgan fingerprint density at radius 1 is 1.32 bits per heavy atom. The van der Waals surface area contributed by atoms with Gasteiger partial charge < -0.3 is 10.2 Å². The lowest BCUT2D eigenvalue weighted by atomic mass is 10.0. The minimum Gasteiger partial charge on any atom is -0.338 e. The summed E-state index contributed by atoms with van der Waals surface area (Å²) in [7, 11) is 0. The maximum Gasteiger partial charge on any atom is 0.274 e. The monoisotopic (exact) mass is 346 g/mol. The molecular weight excluding hydrogens is 326 g/mol. The van der Waals surface area contributed by atoms with Crippen LogP contribution in [0.15, 0.2) is 30.5 Å². The first-order valence-electron chi connectivity index (χ1n) is 8.44. The van der Waals surface area contributed by atoms with Gasteiger partial charge in [-0.15, -0.1) is 0 Å². The van der Waals surface area contributed by atoms with Gasteiger partial charge in [0.05, 0.1) is 5.69 Å². The van der Waals surface area contributed by atoms with Gasteiger partial charge in [0.1, 0.15) is 17.3 Å². The van der Waals surface area contributed by atoms with Gasteiger partial charge in [0, 0.05) is 24.8 Å². The highest BCUT2D eigenvalue weighted by atomic mass is 19.1. The van der Waals surface area contributed by atoms with Gasteiger partial charge in [-0.2, -0.15) is 0 Å². The van der Waals surface area contributed by atoms with Crippen LogP contribution in [0.5, 0.6) is 0 Å². The van der Waals surface area contributed by atoms with Crippen molar-refractivity contribution in [3.05, 3.63) is 47.8 Å². The highest BCUT2D eigenvalue weighted by molar-refractivity contribution is 6.03. The summed E-state index contributed by atoms with van der Waals surface area (Å²) in [5.41, 5.74) is 0.0603. The van der Waals surface area contributed by atoms with Crippen LogP contribution in [0.3, 0.4) is 0 Å². The number of carbonyl (C=O) groups excluding carboxylic acids is 1. The van der Waals surface area contributed by atoms with E-state index in [-0.39, 0.29) is 11.4 Å². The zero-order valence-electron chi connectivity index (χ0n) is 14.0. The minimum atomic E-state index is -0.829. The van der Waals surface area contributed by atoms with Crippen molar-refractivity contribution >= 4 is 17.5 Å². The van der Waals surface area contributed by atoms with Crippen molar-refractivity contribution in [3.63, 3.8) is 0 Å². The van der Waals surface area contributed by atoms with E-state index >= 15 is 0 Å². The van der Waals surface area contributed by atoms with Crippen LogP contribution in [0.25, 0.3) is 0 Å². The quantitative estimate of drug-likeness (QED) is 0.915. The van der Waals surface area contributed by atoms with E-state index in [1.165, 1.54) is 24.8 Å². The largest absolute Gasteiger partial charge is 0.338 e. The minimum absolute atomic E-state index is 0.0871. The molecule has 1 saturated heterocycles. The molecule has 1 aliphatic rings. The number of halogens is 2. The summed E-state index contributed by atoms with van der Waals surface area (Å²) in [6.07, 6.45) is 5.84. The molecule has 1 aromatic carbocycles. The average Bonchev–Trinajstić information content (AvgIpc) is 2.64. The molecule has 132 valence electrons. The predicted octanol–water partition coefficient (Wildman–Crippen LogP) is 3.78. The molecule has 1 amide bonds. The molecule has 3 rings (SSSR count). The van der Waals surface area contributed by atoms with E-state index in [1.807, 2.05) is 0 Å². The maximum atomic E-state index is 13.7. The van der Waals surface area contributed by atoms with Crippen molar-refractivity contribution in [2.75, 3.05) is 16.8 Å². The summed E-state index contributed by atoms with van der Waals surface area (Å²) in [5.74, 6) is -1.57. The predicted molar refractivity (Wildman–Crippen MR) is 91.6 cm³/mol. The van der Waals surface area contributed by atoms with Gasteiger partial charge in [-0.3, -0.25) is 4.79 Å². The van der Waals surface area contributed by atoms with E-state index in [9.17, 15) is 13.6 Å². The van der Waals surface area contributed by atoms with Gasteiger partial charge in [-0.1, -0.05) is 6.92 Å². The highest BCUT2D eigenvalue weighted by Crippen LogP contribution is 2.24. The standard InChI is InChI=1S/C18H20F2N4O/c1-2-13-5-3-4-10-24(13)18-21-9-8-16(23-18)17(25)22-15-7-6-12(19)11-14(15)20/h6-9,11,13H,2-5,10H2,1H3,(H,22,25). The number of nitrogens with zero attached hydrogens (tertiary/aromatic N) is 3. The van der Waals surface area contributed by atoms with Crippen LogP contribution in [-0.4, -0.2) is 28.5 Å². The van der Waals surface area contributed by atoms with Crippen molar-refractivity contribution in [1.82, 2.24) is 9.97 Å². The van der Waals surface area contributed by atoms with Crippen molar-refractivity contribution < 1.29 is 13.6 Å². The Hall–Kier alpha value is -2.57. The molecule has 25 heavy (non-hydrogen) atoms. The molecule has 2 aromatic rings. The second kappa shape index (κ2) is 7.55. The molecule has 1 N–H and O–H groups in total. The lowest BCUT2D eigenvalue weighted by Gasteiger charge is -2.35. The molecule has 1 aromatic heterocycles. The van der Waals surface area contributed by atoms with E-state index in [4.69, 9.17) is 0 Å². The van der Waals surface area contributed by atoms with Crippen LogP contribution in [0, 0.1) is 11.6 Å². The van der Waals surface area contributed by atoms with Gasteiger partial charge in [0.2, 0.25) is 5.95 Å². The van der Waals surface area contributed by atoms with Crippen LogP contribution < -0.4 is 10.2 Å². The van der Waals surface area contributed by atoms with Crippen LogP contribution in [0.2, 0.25) is 0 Å². The Kier molecular flexibility index (Phi) is 5.21. The first-order chi connectivity index (χ1) is 12.1. The van der Waals surface area contributed by atoms with Crippen LogP contribution in [-0.2, 0) is 0 Å². The second-order valence-corrected chi connectivity index (χ2v) is 6.07. The molecule has 0 spiro atoms. The van der Waals surface area contributed by atoms with Crippen molar-refractivity contribution in [2.45, 2.75) is 38.6 Å². The third-order valence-electron chi connectivity index (χ3n) is 4.41. The van der Waals surface area contributed by atoms with Gasteiger partial charge >= 0.3 is 0 Å². The third-order valence-corrected chi connectivity index (χ3v) is 4.41. The van der Waals surface area contributed by atoms with E-state index in [0.29, 0.717) is 12.0 Å². The second-order valence-electron chi connectivity index (χ2n) is 6.07. The summed E-state index contributed by atoms with van der Waals surface area (Å²) < 4.78 is 26.7. The fourth-order valence-electron chi connectivity index (χ4n) is 3.08. The highest BCUT2D eigenvalue weighted by Gasteiger charge is 2.24. The molecule has 1 fully saturated rings. The fraction of sp³-hybridized carbons (Fsp3) is 0.389. The Balaban J connectivity index is 1.79. The number of anilines is 2. The SMILES string of the molecule is CCC1CCCCN1c1nccc(C(=O)Nc2ccc(F)cc2F)n1. The number of piperidine rings is 1. The lowest BCUT2D eigenvalue weighted by Crippen LogP contribution is -2.40. The lowest BCUT2D eigenvalue weighted by molar-refractivity contribution is 0.102. The maximum absolute atomic E-state index is 13.7. The Morgan fingerprint density at radius 2 is 2.16 bits per heavy atom. The molecule has 2 heterocycles. The van der Waals surface area contributed by atoms with E-state index < -0.39 is 17.5 Å². The van der Waals surface area contributed by atoms with E-state index in [1.54, 1.807) is 0 Å². The average molecular weight is 346 g/mol. The number of rotatable bonds is 4. The van der Waals surface area contributed by atoms with Crippen molar-refractivity contribution in [2.24, 2.45) is 0 Å². The summed E-state index contributed by atoms with van der Waals surface area (Å²) in [4.78, 5) is 23.1. The van der Waals surface area contributed by atoms with Gasteiger partial charge in [0.25, 0.3) is 5.91 Å². The number of carbonyl (C=O) groups is 1. The number of aromatic nitrogens is 2. The summed E-state index contributed by atoms with van der Waals surface area (Å²) in [6.45, 7) is 2.98. The van der Waals surface area contributed by atoms with Gasteiger partial charge in [-0.25, -0.2) is 18.7 Å². The zero-order valence-corrected chi connectivity index (χ0v) is 14.0. The number of amides is 1. The number of benzene rings is 1. The van der Waals surface area contributed by atoms with E-state index in [0.717, 1.165) is 37.9 Å². The number of hydrogen-bond acceptors (Lipinski definition) is 4. The molecule has 1 atom stereocenters. The first-order valence-corrected chi connectivity index (χ1v) is 8.44. The Labute approximate surface area is 145 Å². The molecule has 0 aliphatic carbocycles. The Morgan fingerprint density at radius 3 is 2.92 bits per heavy atom. The summed E-state index contributed by atoms with van der Waals surface area (Å²) in [6, 6.07) is 4.83. The third kappa shape index (κ3) is 3.92. The van der Waals surface area contributed by atoms with Crippen LogP contribution in [0.1, 0.15) is 43.1 Å². The van der Waals surface area contributed by atoms with Crippen LogP contribution in [0.4, 0.5) is 20.4 Å². The van der Waals surface area contributed by atoms with Gasteiger partial charge in [-0.05, 0) is 43.9 Å². The Bertz CT molecular complexity index is 768. The van der Waals surface area contributed by atoms with Crippen molar-refractivity contribution in [1.29, 1.82) is 0 Å². The zero-order chi connectivity index (χ0) is 17.8. The van der Waals surface area contributed by atoms with E-state index in [2.05, 4.69) is 27.1 Å². The van der Waals surface area contributed by atoms with Crippen molar-refractivity contribution in [3.8, 4) is 0 Å².